The summed E-state index contributed by atoms with van der Waals surface area (Å²) in [5.41, 5.74) is 14.9. The lowest BCUT2D eigenvalue weighted by Crippen LogP contribution is -2.14. The Morgan fingerprint density at radius 3 is 1.93 bits per heavy atom. The van der Waals surface area contributed by atoms with E-state index in [2.05, 4.69) is 158 Å². The monoisotopic (exact) mass is 756 g/mol. The Kier molecular flexibility index (Phi) is 7.20. The molecule has 0 fully saturated rings. The van der Waals surface area contributed by atoms with Gasteiger partial charge in [0.1, 0.15) is 11.2 Å². The van der Waals surface area contributed by atoms with Crippen molar-refractivity contribution in [2.75, 3.05) is 0 Å². The van der Waals surface area contributed by atoms with Crippen LogP contribution in [0.5, 0.6) is 0 Å². The van der Waals surface area contributed by atoms with E-state index in [9.17, 15) is 0 Å². The van der Waals surface area contributed by atoms with Crippen LogP contribution in [0, 0.1) is 0 Å². The molecule has 0 atom stereocenters. The number of hydrogen-bond donors (Lipinski definition) is 0. The fourth-order valence-corrected chi connectivity index (χ4v) is 9.48. The first-order valence-electron chi connectivity index (χ1n) is 20.1. The zero-order chi connectivity index (χ0) is 39.2. The van der Waals surface area contributed by atoms with Gasteiger partial charge in [0.15, 0.2) is 17.5 Å². The zero-order valence-electron chi connectivity index (χ0n) is 32.5. The molecule has 3 heterocycles. The molecular formula is C54H36N4O. The molecule has 1 aliphatic rings. The lowest BCUT2D eigenvalue weighted by molar-refractivity contribution is 0.661. The SMILES string of the molecule is CC1(C)c2ccccc2-c2c1ccc1c3ccccc3n(-c3ccc(-c4nc(-c5ccccc5)nc(-c5cccc(-c6ccccc6)c5)n4)c4oc5ccccc5c34)c21. The van der Waals surface area contributed by atoms with E-state index in [1.54, 1.807) is 0 Å². The van der Waals surface area contributed by atoms with E-state index < -0.39 is 0 Å². The Hall–Kier alpha value is -7.63. The second kappa shape index (κ2) is 12.7. The first-order chi connectivity index (χ1) is 29.0. The number of aromatic nitrogens is 4. The van der Waals surface area contributed by atoms with E-state index in [0.717, 1.165) is 61.0 Å². The van der Waals surface area contributed by atoms with Crippen molar-refractivity contribution < 1.29 is 4.42 Å². The molecule has 0 amide bonds. The van der Waals surface area contributed by atoms with Crippen molar-refractivity contribution in [2.24, 2.45) is 0 Å². The van der Waals surface area contributed by atoms with Crippen LogP contribution < -0.4 is 0 Å². The van der Waals surface area contributed by atoms with Gasteiger partial charge >= 0.3 is 0 Å². The maximum absolute atomic E-state index is 6.94. The summed E-state index contributed by atoms with van der Waals surface area (Å²) in [5.74, 6) is 1.75. The van der Waals surface area contributed by atoms with E-state index in [4.69, 9.17) is 19.4 Å². The van der Waals surface area contributed by atoms with Crippen molar-refractivity contribution in [3.63, 3.8) is 0 Å². The quantitative estimate of drug-likeness (QED) is 0.175. The summed E-state index contributed by atoms with van der Waals surface area (Å²) in [6.07, 6.45) is 0. The van der Waals surface area contributed by atoms with Crippen molar-refractivity contribution in [1.29, 1.82) is 0 Å². The van der Waals surface area contributed by atoms with Crippen LogP contribution >= 0.6 is 0 Å². The number of furan rings is 1. The molecule has 1 aliphatic carbocycles. The Bertz CT molecular complexity index is 3470. The highest BCUT2D eigenvalue weighted by Crippen LogP contribution is 2.53. The first-order valence-corrected chi connectivity index (χ1v) is 20.1. The van der Waals surface area contributed by atoms with Gasteiger partial charge < -0.3 is 8.98 Å². The van der Waals surface area contributed by atoms with Crippen molar-refractivity contribution in [3.05, 3.63) is 193 Å². The molecule has 0 bridgehead atoms. The van der Waals surface area contributed by atoms with Crippen molar-refractivity contribution >= 4 is 43.7 Å². The van der Waals surface area contributed by atoms with Gasteiger partial charge in [0.25, 0.3) is 0 Å². The predicted octanol–water partition coefficient (Wildman–Crippen LogP) is 13.8. The molecule has 5 heteroatoms. The zero-order valence-corrected chi connectivity index (χ0v) is 32.5. The molecule has 0 N–H and O–H groups in total. The van der Waals surface area contributed by atoms with Crippen LogP contribution in [0.4, 0.5) is 0 Å². The summed E-state index contributed by atoms with van der Waals surface area (Å²) in [4.78, 5) is 15.5. The Morgan fingerprint density at radius 1 is 0.458 bits per heavy atom. The van der Waals surface area contributed by atoms with Crippen molar-refractivity contribution in [2.45, 2.75) is 19.3 Å². The first kappa shape index (κ1) is 33.5. The highest BCUT2D eigenvalue weighted by Gasteiger charge is 2.38. The topological polar surface area (TPSA) is 56.7 Å². The summed E-state index contributed by atoms with van der Waals surface area (Å²) < 4.78 is 9.41. The minimum atomic E-state index is -0.142. The highest BCUT2D eigenvalue weighted by atomic mass is 16.3. The number of rotatable bonds is 5. The van der Waals surface area contributed by atoms with Gasteiger partial charge in [-0.25, -0.2) is 15.0 Å². The lowest BCUT2D eigenvalue weighted by atomic mass is 9.82. The van der Waals surface area contributed by atoms with E-state index in [0.29, 0.717) is 17.5 Å². The van der Waals surface area contributed by atoms with Crippen LogP contribution in [0.1, 0.15) is 25.0 Å². The predicted molar refractivity (Wildman–Crippen MR) is 241 cm³/mol. The van der Waals surface area contributed by atoms with E-state index in [1.807, 2.05) is 42.5 Å². The van der Waals surface area contributed by atoms with E-state index >= 15 is 0 Å². The van der Waals surface area contributed by atoms with Crippen LogP contribution in [0.2, 0.25) is 0 Å². The molecule has 0 saturated carbocycles. The van der Waals surface area contributed by atoms with Crippen LogP contribution in [0.25, 0.3) is 106 Å². The highest BCUT2D eigenvalue weighted by molar-refractivity contribution is 6.19. The molecule has 11 aromatic rings. The molecule has 0 unspecified atom stereocenters. The number of para-hydroxylation sites is 2. The van der Waals surface area contributed by atoms with E-state index in [-0.39, 0.29) is 5.41 Å². The van der Waals surface area contributed by atoms with Gasteiger partial charge in [-0.1, -0.05) is 166 Å². The number of nitrogens with zero attached hydrogens (tertiary/aromatic N) is 4. The molecule has 0 radical (unpaired) electrons. The van der Waals surface area contributed by atoms with Crippen LogP contribution in [0.3, 0.4) is 0 Å². The second-order valence-corrected chi connectivity index (χ2v) is 16.0. The van der Waals surface area contributed by atoms with Crippen LogP contribution in [-0.4, -0.2) is 19.5 Å². The second-order valence-electron chi connectivity index (χ2n) is 16.0. The van der Waals surface area contributed by atoms with Crippen LogP contribution in [0.15, 0.2) is 186 Å². The fourth-order valence-electron chi connectivity index (χ4n) is 9.48. The summed E-state index contributed by atoms with van der Waals surface area (Å²) in [6.45, 7) is 4.69. The molecule has 8 aromatic carbocycles. The third-order valence-electron chi connectivity index (χ3n) is 12.3. The number of hydrogen-bond acceptors (Lipinski definition) is 4. The third kappa shape index (κ3) is 5.01. The smallest absolute Gasteiger partial charge is 0.167 e. The molecular weight excluding hydrogens is 721 g/mol. The Morgan fingerprint density at radius 2 is 1.10 bits per heavy atom. The van der Waals surface area contributed by atoms with Gasteiger partial charge in [0.05, 0.1) is 27.7 Å². The average Bonchev–Trinajstić information content (AvgIpc) is 3.93. The Balaban J connectivity index is 1.15. The molecule has 59 heavy (non-hydrogen) atoms. The maximum Gasteiger partial charge on any atom is 0.167 e. The maximum atomic E-state index is 6.94. The summed E-state index contributed by atoms with van der Waals surface area (Å²) in [5, 5.41) is 4.49. The number of benzene rings is 8. The standard InChI is InChI=1S/C54H36N4O/c1-54(2)42-25-12-9-23-39(42)47-43(54)30-28-38-37-22-10-13-26-44(37)58(49(38)47)45-31-29-41(50-48(45)40-24-11-14-27-46(40)59-50)53-56-51(34-18-7-4-8-19-34)55-52(57-53)36-21-15-20-35(32-36)33-16-5-3-6-17-33/h3-32H,1-2H3. The average molecular weight is 757 g/mol. The van der Waals surface area contributed by atoms with Gasteiger partial charge in [-0.15, -0.1) is 0 Å². The molecule has 3 aromatic heterocycles. The summed E-state index contributed by atoms with van der Waals surface area (Å²) >= 11 is 0. The molecule has 5 nitrogen and oxygen atoms in total. The normalized spacial score (nSPS) is 13.1. The minimum absolute atomic E-state index is 0.142. The van der Waals surface area contributed by atoms with Crippen molar-refractivity contribution in [1.82, 2.24) is 19.5 Å². The molecule has 0 aliphatic heterocycles. The molecule has 0 spiro atoms. The van der Waals surface area contributed by atoms with E-state index in [1.165, 1.54) is 38.5 Å². The summed E-state index contributed by atoms with van der Waals surface area (Å²) in [6, 6.07) is 64.0. The molecule has 0 saturated heterocycles. The molecule has 12 rings (SSSR count). The Labute approximate surface area is 340 Å². The van der Waals surface area contributed by atoms with Crippen molar-refractivity contribution in [3.8, 4) is 62.1 Å². The molecule has 278 valence electrons. The summed E-state index contributed by atoms with van der Waals surface area (Å²) in [7, 11) is 0. The van der Waals surface area contributed by atoms with Gasteiger partial charge in [-0.05, 0) is 58.1 Å². The fraction of sp³-hybridized carbons (Fsp3) is 0.0556. The minimum Gasteiger partial charge on any atom is -0.455 e. The van der Waals surface area contributed by atoms with Gasteiger partial charge in [-0.3, -0.25) is 0 Å². The van der Waals surface area contributed by atoms with Gasteiger partial charge in [0, 0.05) is 38.3 Å². The number of fused-ring (bicyclic) bond motifs is 10. The third-order valence-corrected chi connectivity index (χ3v) is 12.3. The van der Waals surface area contributed by atoms with Crippen LogP contribution in [-0.2, 0) is 5.41 Å². The lowest BCUT2D eigenvalue weighted by Gasteiger charge is -2.21. The van der Waals surface area contributed by atoms with Gasteiger partial charge in [-0.2, -0.15) is 0 Å². The largest absolute Gasteiger partial charge is 0.455 e. The van der Waals surface area contributed by atoms with Gasteiger partial charge in [0.2, 0.25) is 0 Å².